The highest BCUT2D eigenvalue weighted by atomic mass is 16.7. The Morgan fingerprint density at radius 1 is 1.03 bits per heavy atom. The predicted octanol–water partition coefficient (Wildman–Crippen LogP) is 3.04. The number of nitrogens with zero attached hydrogens (tertiary/aromatic N) is 1. The third kappa shape index (κ3) is 10.5. The molecule has 1 saturated heterocycles. The molecular weight excluding hydrogens is 428 g/mol. The Balaban J connectivity index is 1.71. The van der Waals surface area contributed by atoms with Crippen LogP contribution in [0.5, 0.6) is 0 Å². The molecule has 1 aliphatic heterocycles. The number of alkyl carbamates (subject to hydrolysis) is 1. The molecule has 4 amide bonds. The lowest BCUT2D eigenvalue weighted by atomic mass is 10.1. The fraction of sp³-hybridized carbons (Fsp3) is 0.609. The largest absolute Gasteiger partial charge is 0.444 e. The van der Waals surface area contributed by atoms with Crippen LogP contribution in [0, 0.1) is 0 Å². The van der Waals surface area contributed by atoms with Crippen LogP contribution < -0.4 is 16.3 Å². The van der Waals surface area contributed by atoms with Gasteiger partial charge in [0.05, 0.1) is 13.2 Å². The molecule has 0 aliphatic carbocycles. The summed E-state index contributed by atoms with van der Waals surface area (Å²) in [6.45, 7) is 6.62. The fourth-order valence-corrected chi connectivity index (χ4v) is 3.28. The number of likely N-dealkylation sites (tertiary alicyclic amines) is 1. The summed E-state index contributed by atoms with van der Waals surface area (Å²) < 4.78 is 5.15. The molecule has 1 aromatic carbocycles. The van der Waals surface area contributed by atoms with Crippen LogP contribution in [0.2, 0.25) is 0 Å². The van der Waals surface area contributed by atoms with Crippen molar-refractivity contribution in [3.8, 4) is 0 Å². The Morgan fingerprint density at radius 2 is 1.79 bits per heavy atom. The number of benzene rings is 1. The minimum atomic E-state index is -0.646. The van der Waals surface area contributed by atoms with Gasteiger partial charge in [-0.3, -0.25) is 14.5 Å². The van der Waals surface area contributed by atoms with Crippen LogP contribution in [-0.2, 0) is 25.8 Å². The Hall–Kier alpha value is -2.85. The molecule has 0 aromatic heterocycles. The number of rotatable bonds is 9. The lowest BCUT2D eigenvalue weighted by Crippen LogP contribution is -2.52. The minimum Gasteiger partial charge on any atom is -0.444 e. The second kappa shape index (κ2) is 13.6. The van der Waals surface area contributed by atoms with Crippen LogP contribution in [0.1, 0.15) is 58.4 Å². The maximum atomic E-state index is 12.7. The van der Waals surface area contributed by atoms with Gasteiger partial charge >= 0.3 is 12.1 Å². The molecule has 0 unspecified atom stereocenters. The van der Waals surface area contributed by atoms with E-state index in [4.69, 9.17) is 14.4 Å². The highest BCUT2D eigenvalue weighted by Crippen LogP contribution is 2.17. The molecule has 1 atom stereocenters. The van der Waals surface area contributed by atoms with Gasteiger partial charge in [0.2, 0.25) is 0 Å². The number of hydroxylamine groups is 2. The smallest absolute Gasteiger partial charge is 0.407 e. The van der Waals surface area contributed by atoms with Crippen molar-refractivity contribution in [2.75, 3.05) is 19.7 Å². The van der Waals surface area contributed by atoms with E-state index in [1.165, 1.54) is 4.90 Å². The zero-order chi connectivity index (χ0) is 24.1. The van der Waals surface area contributed by atoms with Crippen molar-refractivity contribution in [2.45, 2.75) is 71.1 Å². The summed E-state index contributed by atoms with van der Waals surface area (Å²) in [7, 11) is 0. The number of ether oxygens (including phenoxy) is 1. The molecule has 1 aliphatic rings. The molecule has 0 radical (unpaired) electrons. The monoisotopic (exact) mass is 464 g/mol. The number of hydrogen-bond acceptors (Lipinski definition) is 6. The Labute approximate surface area is 195 Å². The van der Waals surface area contributed by atoms with Crippen molar-refractivity contribution in [1.82, 2.24) is 21.2 Å². The lowest BCUT2D eigenvalue weighted by Gasteiger charge is -2.28. The minimum absolute atomic E-state index is 0.209. The molecule has 1 aromatic rings. The molecule has 0 saturated carbocycles. The molecule has 10 nitrogen and oxygen atoms in total. The van der Waals surface area contributed by atoms with E-state index in [2.05, 4.69) is 16.3 Å². The first kappa shape index (κ1) is 26.4. The summed E-state index contributed by atoms with van der Waals surface area (Å²) in [6, 6.07) is 8.39. The van der Waals surface area contributed by atoms with E-state index < -0.39 is 23.8 Å². The first-order chi connectivity index (χ1) is 15.8. The predicted molar refractivity (Wildman–Crippen MR) is 122 cm³/mol. The highest BCUT2D eigenvalue weighted by Gasteiger charge is 2.31. The van der Waals surface area contributed by atoms with Gasteiger partial charge in [0.25, 0.3) is 5.91 Å². The van der Waals surface area contributed by atoms with Gasteiger partial charge in [0, 0.05) is 13.1 Å². The number of hydrogen-bond donors (Lipinski definition) is 3. The number of carbonyl (C=O) groups is 3. The number of nitrogens with one attached hydrogen (secondary N) is 3. The van der Waals surface area contributed by atoms with Gasteiger partial charge in [-0.15, -0.1) is 0 Å². The van der Waals surface area contributed by atoms with E-state index in [0.29, 0.717) is 25.9 Å². The van der Waals surface area contributed by atoms with Crippen molar-refractivity contribution in [3.05, 3.63) is 35.9 Å². The lowest BCUT2D eigenvalue weighted by molar-refractivity contribution is -0.138. The van der Waals surface area contributed by atoms with Crippen molar-refractivity contribution >= 4 is 18.0 Å². The first-order valence-corrected chi connectivity index (χ1v) is 11.4. The molecule has 2 rings (SSSR count). The molecule has 1 fully saturated rings. The van der Waals surface area contributed by atoms with E-state index in [9.17, 15) is 14.4 Å². The van der Waals surface area contributed by atoms with Crippen LogP contribution in [0.15, 0.2) is 30.3 Å². The molecule has 33 heavy (non-hydrogen) atoms. The zero-order valence-corrected chi connectivity index (χ0v) is 19.7. The first-order valence-electron chi connectivity index (χ1n) is 11.4. The van der Waals surface area contributed by atoms with E-state index in [0.717, 1.165) is 24.8 Å². The van der Waals surface area contributed by atoms with Crippen molar-refractivity contribution in [2.24, 2.45) is 0 Å². The van der Waals surface area contributed by atoms with Crippen molar-refractivity contribution in [3.63, 3.8) is 0 Å². The maximum absolute atomic E-state index is 12.7. The number of amides is 4. The zero-order valence-electron chi connectivity index (χ0n) is 19.7. The van der Waals surface area contributed by atoms with Gasteiger partial charge in [0.1, 0.15) is 11.6 Å². The molecule has 3 N–H and O–H groups in total. The maximum Gasteiger partial charge on any atom is 0.407 e. The van der Waals surface area contributed by atoms with Crippen LogP contribution >= 0.6 is 0 Å². The molecular formula is C23H36N4O6. The molecule has 0 bridgehead atoms. The van der Waals surface area contributed by atoms with Crippen molar-refractivity contribution in [1.29, 1.82) is 0 Å². The van der Waals surface area contributed by atoms with E-state index in [1.54, 1.807) is 20.8 Å². The SMILES string of the molecule is CC(C)(C)OC(=O)NCCCONC(=O)[C@@H]1CCCCCN1C(=O)NOCc1ccccc1. The summed E-state index contributed by atoms with van der Waals surface area (Å²) in [5.41, 5.74) is 5.24. The summed E-state index contributed by atoms with van der Waals surface area (Å²) in [5, 5.41) is 2.62. The summed E-state index contributed by atoms with van der Waals surface area (Å²) in [4.78, 5) is 49.0. The number of urea groups is 1. The highest BCUT2D eigenvalue weighted by molar-refractivity contribution is 5.86. The number of carbonyl (C=O) groups excluding carboxylic acids is 3. The van der Waals surface area contributed by atoms with Crippen LogP contribution in [0.25, 0.3) is 0 Å². The summed E-state index contributed by atoms with van der Waals surface area (Å²) in [5.74, 6) is -0.379. The fourth-order valence-electron chi connectivity index (χ4n) is 3.28. The van der Waals surface area contributed by atoms with E-state index >= 15 is 0 Å². The van der Waals surface area contributed by atoms with E-state index in [-0.39, 0.29) is 19.1 Å². The Kier molecular flexibility index (Phi) is 10.9. The molecule has 0 spiro atoms. The molecule has 1 heterocycles. The molecule has 184 valence electrons. The molecule has 10 heteroatoms. The van der Waals surface area contributed by atoms with Gasteiger partial charge < -0.3 is 15.0 Å². The third-order valence-electron chi connectivity index (χ3n) is 4.82. The standard InChI is InChI=1S/C23H36N4O6/c1-23(2,3)33-22(30)24-14-10-16-31-25-20(28)19-13-8-5-9-15-27(19)21(29)26-32-17-18-11-6-4-7-12-18/h4,6-7,11-12,19H,5,8-10,13-17H2,1-3H3,(H,24,30)(H,25,28)(H,26,29)/t19-/m0/s1. The second-order valence-electron chi connectivity index (χ2n) is 8.84. The van der Waals surface area contributed by atoms with Crippen LogP contribution in [0.3, 0.4) is 0 Å². The average Bonchev–Trinajstić information content (AvgIpc) is 3.02. The average molecular weight is 465 g/mol. The van der Waals surface area contributed by atoms with Crippen LogP contribution in [0.4, 0.5) is 9.59 Å². The van der Waals surface area contributed by atoms with Gasteiger partial charge in [-0.25, -0.2) is 20.5 Å². The third-order valence-corrected chi connectivity index (χ3v) is 4.82. The van der Waals surface area contributed by atoms with Gasteiger partial charge in [0.15, 0.2) is 0 Å². The Bertz CT molecular complexity index is 753. The normalized spacial score (nSPS) is 16.5. The quantitative estimate of drug-likeness (QED) is 0.382. The summed E-state index contributed by atoms with van der Waals surface area (Å²) >= 11 is 0. The Morgan fingerprint density at radius 3 is 2.52 bits per heavy atom. The second-order valence-corrected chi connectivity index (χ2v) is 8.84. The van der Waals surface area contributed by atoms with Crippen LogP contribution in [-0.4, -0.2) is 54.3 Å². The van der Waals surface area contributed by atoms with Crippen molar-refractivity contribution < 1.29 is 28.8 Å². The topological polar surface area (TPSA) is 118 Å². The van der Waals surface area contributed by atoms with Gasteiger partial charge in [-0.1, -0.05) is 43.2 Å². The van der Waals surface area contributed by atoms with Gasteiger partial charge in [-0.2, -0.15) is 0 Å². The summed E-state index contributed by atoms with van der Waals surface area (Å²) in [6.07, 6.45) is 3.12. The van der Waals surface area contributed by atoms with E-state index in [1.807, 2.05) is 30.3 Å². The van der Waals surface area contributed by atoms with Gasteiger partial charge in [-0.05, 0) is 45.6 Å².